The van der Waals surface area contributed by atoms with Crippen LogP contribution in [0, 0.1) is 0 Å². The van der Waals surface area contributed by atoms with Gasteiger partial charge in [-0.15, -0.1) is 0 Å². The number of fused-ring (bicyclic) bond motifs is 1. The average Bonchev–Trinajstić information content (AvgIpc) is 2.90. The first-order valence-corrected chi connectivity index (χ1v) is 7.82. The normalized spacial score (nSPS) is 12.7. The Hall–Kier alpha value is -3.35. The second kappa shape index (κ2) is 6.64. The summed E-state index contributed by atoms with van der Waals surface area (Å²) in [4.78, 5) is 30.0. The third-order valence-corrected chi connectivity index (χ3v) is 3.91. The van der Waals surface area contributed by atoms with E-state index in [9.17, 15) is 9.59 Å². The summed E-state index contributed by atoms with van der Waals surface area (Å²) in [5.41, 5.74) is 13.1. The molecule has 1 aliphatic heterocycles. The van der Waals surface area contributed by atoms with E-state index in [4.69, 9.17) is 16.2 Å². The fraction of sp³-hybridized carbons (Fsp3) is 0.167. The van der Waals surface area contributed by atoms with Crippen LogP contribution in [0.2, 0.25) is 0 Å². The molecule has 0 spiro atoms. The van der Waals surface area contributed by atoms with E-state index < -0.39 is 5.97 Å². The van der Waals surface area contributed by atoms with Gasteiger partial charge < -0.3 is 21.1 Å². The molecule has 0 unspecified atom stereocenters. The number of hydrogen-bond donors (Lipinski definition) is 2. The summed E-state index contributed by atoms with van der Waals surface area (Å²) < 4.78 is 5.40. The number of rotatable bonds is 4. The number of ether oxygens (including phenoxy) is 1. The zero-order valence-corrected chi connectivity index (χ0v) is 13.7. The van der Waals surface area contributed by atoms with Gasteiger partial charge in [0.1, 0.15) is 5.75 Å². The van der Waals surface area contributed by atoms with Crippen molar-refractivity contribution in [2.75, 3.05) is 6.54 Å². The van der Waals surface area contributed by atoms with Gasteiger partial charge in [0.2, 0.25) is 0 Å². The van der Waals surface area contributed by atoms with Crippen molar-refractivity contribution >= 4 is 23.5 Å². The minimum atomic E-state index is -0.493. The highest BCUT2D eigenvalue weighted by Gasteiger charge is 2.26. The standard InChI is InChI=1S/C18H18N4O3/c1-2-22-10-12-9-14(7-8-15(12)16(22)23)25-17(24)11-3-5-13(6-4-11)21-18(19)20/h3-9H,2,10H2,1H3,(H4,19,20,21). The van der Waals surface area contributed by atoms with Gasteiger partial charge >= 0.3 is 5.97 Å². The fourth-order valence-corrected chi connectivity index (χ4v) is 2.66. The van der Waals surface area contributed by atoms with Gasteiger partial charge in [-0.05, 0) is 55.0 Å². The lowest BCUT2D eigenvalue weighted by Gasteiger charge is -2.10. The smallest absolute Gasteiger partial charge is 0.343 e. The van der Waals surface area contributed by atoms with Gasteiger partial charge in [-0.2, -0.15) is 0 Å². The average molecular weight is 338 g/mol. The van der Waals surface area contributed by atoms with E-state index in [1.54, 1.807) is 47.4 Å². The number of benzene rings is 2. The summed E-state index contributed by atoms with van der Waals surface area (Å²) in [7, 11) is 0. The van der Waals surface area contributed by atoms with Gasteiger partial charge in [-0.25, -0.2) is 9.79 Å². The molecular formula is C18H18N4O3. The first kappa shape index (κ1) is 16.5. The zero-order valence-electron chi connectivity index (χ0n) is 13.7. The molecule has 7 heteroatoms. The first-order valence-electron chi connectivity index (χ1n) is 7.82. The molecule has 0 saturated heterocycles. The van der Waals surface area contributed by atoms with Crippen molar-refractivity contribution in [1.29, 1.82) is 0 Å². The van der Waals surface area contributed by atoms with Crippen LogP contribution in [-0.2, 0) is 6.54 Å². The van der Waals surface area contributed by atoms with Crippen molar-refractivity contribution in [1.82, 2.24) is 4.90 Å². The maximum absolute atomic E-state index is 12.2. The van der Waals surface area contributed by atoms with Gasteiger partial charge in [0.25, 0.3) is 5.91 Å². The highest BCUT2D eigenvalue weighted by atomic mass is 16.5. The summed E-state index contributed by atoms with van der Waals surface area (Å²) in [5, 5.41) is 0. The van der Waals surface area contributed by atoms with E-state index in [0.717, 1.165) is 5.56 Å². The third-order valence-electron chi connectivity index (χ3n) is 3.91. The molecule has 7 nitrogen and oxygen atoms in total. The maximum atomic E-state index is 12.2. The Kier molecular flexibility index (Phi) is 4.38. The van der Waals surface area contributed by atoms with Crippen molar-refractivity contribution in [2.24, 2.45) is 16.5 Å². The molecule has 0 aromatic heterocycles. The van der Waals surface area contributed by atoms with Gasteiger partial charge in [-0.1, -0.05) is 0 Å². The molecule has 2 aromatic rings. The van der Waals surface area contributed by atoms with Crippen molar-refractivity contribution in [2.45, 2.75) is 13.5 Å². The van der Waals surface area contributed by atoms with Crippen LogP contribution < -0.4 is 16.2 Å². The molecule has 0 radical (unpaired) electrons. The van der Waals surface area contributed by atoms with Gasteiger partial charge in [0.15, 0.2) is 5.96 Å². The minimum Gasteiger partial charge on any atom is -0.423 e. The second-order valence-corrected chi connectivity index (χ2v) is 5.61. The van der Waals surface area contributed by atoms with Crippen LogP contribution in [-0.4, -0.2) is 29.3 Å². The fourth-order valence-electron chi connectivity index (χ4n) is 2.66. The van der Waals surface area contributed by atoms with Crippen LogP contribution in [0.5, 0.6) is 5.75 Å². The molecular weight excluding hydrogens is 320 g/mol. The van der Waals surface area contributed by atoms with E-state index >= 15 is 0 Å². The lowest BCUT2D eigenvalue weighted by molar-refractivity contribution is 0.0733. The van der Waals surface area contributed by atoms with E-state index in [1.165, 1.54) is 0 Å². The van der Waals surface area contributed by atoms with E-state index in [2.05, 4.69) is 4.99 Å². The monoisotopic (exact) mass is 338 g/mol. The molecule has 25 heavy (non-hydrogen) atoms. The number of carbonyl (C=O) groups excluding carboxylic acids is 2. The maximum Gasteiger partial charge on any atom is 0.343 e. The van der Waals surface area contributed by atoms with Crippen LogP contribution in [0.1, 0.15) is 33.2 Å². The van der Waals surface area contributed by atoms with Crippen molar-refractivity contribution < 1.29 is 14.3 Å². The van der Waals surface area contributed by atoms with Crippen LogP contribution >= 0.6 is 0 Å². The summed E-state index contributed by atoms with van der Waals surface area (Å²) in [6, 6.07) is 11.5. The molecule has 1 aliphatic rings. The Morgan fingerprint density at radius 2 is 1.92 bits per heavy atom. The Bertz CT molecular complexity index is 855. The Morgan fingerprint density at radius 3 is 2.56 bits per heavy atom. The molecule has 1 heterocycles. The number of aliphatic imine (C=N–C) groups is 1. The predicted molar refractivity (Wildman–Crippen MR) is 93.7 cm³/mol. The summed E-state index contributed by atoms with van der Waals surface area (Å²) in [5.74, 6) is -0.134. The quantitative estimate of drug-likeness (QED) is 0.382. The third kappa shape index (κ3) is 3.45. The van der Waals surface area contributed by atoms with Gasteiger partial charge in [-0.3, -0.25) is 4.79 Å². The molecule has 0 fully saturated rings. The molecule has 0 bridgehead atoms. The number of nitrogens with two attached hydrogens (primary N) is 2. The molecule has 4 N–H and O–H groups in total. The van der Waals surface area contributed by atoms with E-state index in [1.807, 2.05) is 6.92 Å². The number of carbonyl (C=O) groups is 2. The Labute approximate surface area is 144 Å². The van der Waals surface area contributed by atoms with E-state index in [-0.39, 0.29) is 11.9 Å². The Balaban J connectivity index is 1.74. The first-order chi connectivity index (χ1) is 12.0. The molecule has 3 rings (SSSR count). The van der Waals surface area contributed by atoms with Crippen LogP contribution in [0.15, 0.2) is 47.5 Å². The van der Waals surface area contributed by atoms with Crippen LogP contribution in [0.3, 0.4) is 0 Å². The minimum absolute atomic E-state index is 0.00527. The molecule has 0 atom stereocenters. The number of guanidine groups is 1. The number of amides is 1. The Morgan fingerprint density at radius 1 is 1.20 bits per heavy atom. The van der Waals surface area contributed by atoms with Crippen molar-refractivity contribution in [3.05, 3.63) is 59.2 Å². The molecule has 128 valence electrons. The van der Waals surface area contributed by atoms with E-state index in [0.29, 0.717) is 35.7 Å². The number of esters is 1. The van der Waals surface area contributed by atoms with Gasteiger partial charge in [0.05, 0.1) is 11.3 Å². The van der Waals surface area contributed by atoms with Crippen molar-refractivity contribution in [3.63, 3.8) is 0 Å². The highest BCUT2D eigenvalue weighted by molar-refractivity contribution is 5.98. The van der Waals surface area contributed by atoms with Crippen molar-refractivity contribution in [3.8, 4) is 5.75 Å². The summed E-state index contributed by atoms with van der Waals surface area (Å²) in [6.45, 7) is 3.10. The SMILES string of the molecule is CCN1Cc2cc(OC(=O)c3ccc(N=C(N)N)cc3)ccc2C1=O. The summed E-state index contributed by atoms with van der Waals surface area (Å²) >= 11 is 0. The lowest BCUT2D eigenvalue weighted by Crippen LogP contribution is -2.22. The lowest BCUT2D eigenvalue weighted by atomic mass is 10.1. The molecule has 1 amide bonds. The number of hydrogen-bond acceptors (Lipinski definition) is 4. The number of nitrogens with zero attached hydrogens (tertiary/aromatic N) is 2. The molecule has 0 aliphatic carbocycles. The predicted octanol–water partition coefficient (Wildman–Crippen LogP) is 1.79. The second-order valence-electron chi connectivity index (χ2n) is 5.61. The van der Waals surface area contributed by atoms with Crippen LogP contribution in [0.4, 0.5) is 5.69 Å². The topological polar surface area (TPSA) is 111 Å². The molecule has 0 saturated carbocycles. The summed E-state index contributed by atoms with van der Waals surface area (Å²) in [6.07, 6.45) is 0. The largest absolute Gasteiger partial charge is 0.423 e. The van der Waals surface area contributed by atoms with Crippen LogP contribution in [0.25, 0.3) is 0 Å². The zero-order chi connectivity index (χ0) is 18.0. The molecule has 2 aromatic carbocycles. The van der Waals surface area contributed by atoms with Gasteiger partial charge in [0, 0.05) is 18.7 Å². The highest BCUT2D eigenvalue weighted by Crippen LogP contribution is 2.27.